The summed E-state index contributed by atoms with van der Waals surface area (Å²) in [4.78, 5) is 4.24. The van der Waals surface area contributed by atoms with Gasteiger partial charge in [0.1, 0.15) is 23.2 Å². The number of benzene rings is 2. The van der Waals surface area contributed by atoms with Crippen LogP contribution in [0.15, 0.2) is 41.4 Å². The third kappa shape index (κ3) is 2.96. The van der Waals surface area contributed by atoms with Gasteiger partial charge < -0.3 is 10.1 Å². The van der Waals surface area contributed by atoms with Crippen molar-refractivity contribution in [2.45, 2.75) is 0 Å². The molecule has 0 aromatic heterocycles. The Labute approximate surface area is 131 Å². The minimum atomic E-state index is -0.397. The van der Waals surface area contributed by atoms with Crippen LogP contribution in [-0.2, 0) is 0 Å². The number of amidine groups is 1. The molecule has 0 radical (unpaired) electrons. The second-order valence-corrected chi connectivity index (χ2v) is 5.29. The first-order valence-electron chi connectivity index (χ1n) is 6.35. The maximum Gasteiger partial charge on any atom is 0.146 e. The summed E-state index contributed by atoms with van der Waals surface area (Å²) in [6.45, 7) is 1.30. The fourth-order valence-electron chi connectivity index (χ4n) is 2.06. The van der Waals surface area contributed by atoms with E-state index in [1.807, 2.05) is 0 Å². The average Bonchev–Trinajstić information content (AvgIpc) is 2.96. The molecule has 1 heterocycles. The summed E-state index contributed by atoms with van der Waals surface area (Å²) in [6, 6.07) is 9.49. The number of hydrogen-bond donors (Lipinski definition) is 1. The van der Waals surface area contributed by atoms with Crippen LogP contribution in [0.1, 0.15) is 5.56 Å². The van der Waals surface area contributed by atoms with Crippen LogP contribution in [-0.4, -0.2) is 18.9 Å². The Morgan fingerprint density at radius 1 is 1.14 bits per heavy atom. The zero-order valence-corrected chi connectivity index (χ0v) is 12.4. The van der Waals surface area contributed by atoms with Gasteiger partial charge in [0, 0.05) is 11.6 Å². The third-order valence-electron chi connectivity index (χ3n) is 3.00. The van der Waals surface area contributed by atoms with Gasteiger partial charge in [0.2, 0.25) is 0 Å². The summed E-state index contributed by atoms with van der Waals surface area (Å²) >= 11 is 11.9. The molecule has 0 bridgehead atoms. The third-order valence-corrected chi connectivity index (χ3v) is 3.53. The summed E-state index contributed by atoms with van der Waals surface area (Å²) in [7, 11) is 0. The fourth-order valence-corrected chi connectivity index (χ4v) is 2.51. The Hall–Kier alpha value is -1.78. The van der Waals surface area contributed by atoms with E-state index in [1.54, 1.807) is 30.3 Å². The first-order valence-corrected chi connectivity index (χ1v) is 7.11. The molecule has 1 N–H and O–H groups in total. The van der Waals surface area contributed by atoms with E-state index in [2.05, 4.69) is 10.3 Å². The van der Waals surface area contributed by atoms with Crippen molar-refractivity contribution in [1.29, 1.82) is 0 Å². The van der Waals surface area contributed by atoms with Crippen LogP contribution in [0.2, 0.25) is 10.0 Å². The Bertz CT molecular complexity index is 719. The standard InChI is InChI=1S/C15H11Cl2FN2O/c16-9-4-5-12(10(17)8-9)21-13-3-1-2-11(18)14(13)15-19-6-7-20-15/h1-5,8H,6-7H2,(H,19,20). The Morgan fingerprint density at radius 3 is 2.71 bits per heavy atom. The van der Waals surface area contributed by atoms with Gasteiger partial charge in [-0.2, -0.15) is 0 Å². The van der Waals surface area contributed by atoms with Crippen molar-refractivity contribution in [2.24, 2.45) is 4.99 Å². The highest BCUT2D eigenvalue weighted by molar-refractivity contribution is 6.35. The van der Waals surface area contributed by atoms with Gasteiger partial charge in [0.05, 0.1) is 17.1 Å². The molecule has 3 rings (SSSR count). The van der Waals surface area contributed by atoms with Crippen LogP contribution in [0, 0.1) is 5.82 Å². The second kappa shape index (κ2) is 5.92. The van der Waals surface area contributed by atoms with E-state index in [4.69, 9.17) is 27.9 Å². The number of aliphatic imine (C=N–C) groups is 1. The van der Waals surface area contributed by atoms with Gasteiger partial charge in [-0.3, -0.25) is 4.99 Å². The molecule has 0 atom stereocenters. The maximum atomic E-state index is 14.1. The van der Waals surface area contributed by atoms with Gasteiger partial charge in [0.25, 0.3) is 0 Å². The minimum Gasteiger partial charge on any atom is -0.455 e. The summed E-state index contributed by atoms with van der Waals surface area (Å²) in [5, 5.41) is 3.91. The number of nitrogens with zero attached hydrogens (tertiary/aromatic N) is 1. The van der Waals surface area contributed by atoms with Crippen LogP contribution in [0.4, 0.5) is 4.39 Å². The topological polar surface area (TPSA) is 33.6 Å². The molecule has 0 saturated heterocycles. The van der Waals surface area contributed by atoms with Gasteiger partial charge >= 0.3 is 0 Å². The molecule has 0 fully saturated rings. The van der Waals surface area contributed by atoms with Crippen molar-refractivity contribution >= 4 is 29.0 Å². The van der Waals surface area contributed by atoms with Gasteiger partial charge in [-0.05, 0) is 30.3 Å². The number of halogens is 3. The largest absolute Gasteiger partial charge is 0.455 e. The fraction of sp³-hybridized carbons (Fsp3) is 0.133. The molecule has 0 amide bonds. The molecule has 0 aliphatic carbocycles. The van der Waals surface area contributed by atoms with Crippen LogP contribution in [0.5, 0.6) is 11.5 Å². The SMILES string of the molecule is Fc1cccc(Oc2ccc(Cl)cc2Cl)c1C1=NCCN1. The molecule has 0 saturated carbocycles. The predicted octanol–water partition coefficient (Wildman–Crippen LogP) is 4.27. The molecule has 108 valence electrons. The molecular weight excluding hydrogens is 314 g/mol. The van der Waals surface area contributed by atoms with E-state index in [9.17, 15) is 4.39 Å². The van der Waals surface area contributed by atoms with Gasteiger partial charge in [-0.1, -0.05) is 29.3 Å². The molecule has 2 aromatic carbocycles. The highest BCUT2D eigenvalue weighted by Crippen LogP contribution is 2.34. The summed E-state index contributed by atoms with van der Waals surface area (Å²) in [5.74, 6) is 0.859. The zero-order chi connectivity index (χ0) is 14.8. The molecule has 21 heavy (non-hydrogen) atoms. The molecule has 0 spiro atoms. The maximum absolute atomic E-state index is 14.1. The zero-order valence-electron chi connectivity index (χ0n) is 10.9. The Balaban J connectivity index is 2.00. The minimum absolute atomic E-state index is 0.306. The predicted molar refractivity (Wildman–Crippen MR) is 82.3 cm³/mol. The number of hydrogen-bond acceptors (Lipinski definition) is 3. The molecule has 3 nitrogen and oxygen atoms in total. The van der Waals surface area contributed by atoms with E-state index in [0.717, 1.165) is 0 Å². The normalized spacial score (nSPS) is 13.8. The molecule has 0 unspecified atom stereocenters. The quantitative estimate of drug-likeness (QED) is 0.914. The van der Waals surface area contributed by atoms with Crippen molar-refractivity contribution in [3.05, 3.63) is 57.8 Å². The molecule has 1 aliphatic rings. The number of ether oxygens (including phenoxy) is 1. The number of nitrogens with one attached hydrogen (secondary N) is 1. The monoisotopic (exact) mass is 324 g/mol. The lowest BCUT2D eigenvalue weighted by Gasteiger charge is -2.13. The smallest absolute Gasteiger partial charge is 0.146 e. The van der Waals surface area contributed by atoms with Crippen molar-refractivity contribution in [2.75, 3.05) is 13.1 Å². The lowest BCUT2D eigenvalue weighted by molar-refractivity contribution is 0.475. The molecule has 2 aromatic rings. The van der Waals surface area contributed by atoms with E-state index in [0.29, 0.717) is 46.0 Å². The van der Waals surface area contributed by atoms with Crippen LogP contribution < -0.4 is 10.1 Å². The highest BCUT2D eigenvalue weighted by Gasteiger charge is 2.19. The van der Waals surface area contributed by atoms with Gasteiger partial charge in [-0.25, -0.2) is 4.39 Å². The van der Waals surface area contributed by atoms with E-state index in [-0.39, 0.29) is 0 Å². The second-order valence-electron chi connectivity index (χ2n) is 4.45. The first kappa shape index (κ1) is 14.2. The lowest BCUT2D eigenvalue weighted by atomic mass is 10.1. The molecular formula is C15H11Cl2FN2O. The summed E-state index contributed by atoms with van der Waals surface area (Å²) in [5.41, 5.74) is 0.306. The van der Waals surface area contributed by atoms with Crippen LogP contribution in [0.3, 0.4) is 0 Å². The van der Waals surface area contributed by atoms with Crippen molar-refractivity contribution in [3.63, 3.8) is 0 Å². The highest BCUT2D eigenvalue weighted by atomic mass is 35.5. The van der Waals surface area contributed by atoms with Crippen molar-refractivity contribution in [3.8, 4) is 11.5 Å². The Morgan fingerprint density at radius 2 is 2.00 bits per heavy atom. The van der Waals surface area contributed by atoms with Crippen molar-refractivity contribution < 1.29 is 9.13 Å². The van der Waals surface area contributed by atoms with E-state index in [1.165, 1.54) is 6.07 Å². The average molecular weight is 325 g/mol. The van der Waals surface area contributed by atoms with Gasteiger partial charge in [0.15, 0.2) is 0 Å². The van der Waals surface area contributed by atoms with E-state index >= 15 is 0 Å². The molecule has 1 aliphatic heterocycles. The lowest BCUT2D eigenvalue weighted by Crippen LogP contribution is -2.21. The van der Waals surface area contributed by atoms with Crippen LogP contribution in [0.25, 0.3) is 0 Å². The van der Waals surface area contributed by atoms with Crippen LogP contribution >= 0.6 is 23.2 Å². The number of rotatable bonds is 3. The van der Waals surface area contributed by atoms with E-state index < -0.39 is 5.82 Å². The first-order chi connectivity index (χ1) is 10.1. The summed E-state index contributed by atoms with van der Waals surface area (Å²) < 4.78 is 19.9. The Kier molecular flexibility index (Phi) is 3.99. The summed E-state index contributed by atoms with van der Waals surface area (Å²) in [6.07, 6.45) is 0. The molecule has 6 heteroatoms. The van der Waals surface area contributed by atoms with Gasteiger partial charge in [-0.15, -0.1) is 0 Å². The van der Waals surface area contributed by atoms with Crippen molar-refractivity contribution in [1.82, 2.24) is 5.32 Å².